The maximum absolute atomic E-state index is 11.0. The Kier molecular flexibility index (Phi) is 7.83. The average Bonchev–Trinajstić information content (AvgIpc) is 2.15. The Morgan fingerprint density at radius 3 is 2.57 bits per heavy atom. The van der Waals surface area contributed by atoms with Crippen LogP contribution in [-0.2, 0) is 14.3 Å². The molecule has 0 atom stereocenters. The Bertz CT molecular complexity index is 183. The number of nitrogens with one attached hydrogen (secondary N) is 2. The van der Waals surface area contributed by atoms with Crippen LogP contribution in [0.4, 0.5) is 0 Å². The molecular formula is C9H18N2O3. The van der Waals surface area contributed by atoms with Gasteiger partial charge >= 0.3 is 5.97 Å². The van der Waals surface area contributed by atoms with Crippen molar-refractivity contribution in [2.75, 3.05) is 26.2 Å². The molecule has 0 aliphatic heterocycles. The maximum Gasteiger partial charge on any atom is 0.307 e. The minimum atomic E-state index is -0.281. The van der Waals surface area contributed by atoms with Crippen molar-refractivity contribution in [3.63, 3.8) is 0 Å². The highest BCUT2D eigenvalue weighted by molar-refractivity contribution is 5.78. The van der Waals surface area contributed by atoms with Crippen LogP contribution in [0, 0.1) is 0 Å². The number of amides is 1. The summed E-state index contributed by atoms with van der Waals surface area (Å²) in [6, 6.07) is 0. The lowest BCUT2D eigenvalue weighted by Gasteiger charge is -2.04. The average molecular weight is 202 g/mol. The number of carbonyl (C=O) groups excluding carboxylic acids is 2. The molecule has 0 aromatic rings. The third-order valence-electron chi connectivity index (χ3n) is 1.49. The predicted octanol–water partition coefficient (Wildman–Crippen LogP) is -0.335. The highest BCUT2D eigenvalue weighted by Gasteiger charge is 2.03. The second-order valence-corrected chi connectivity index (χ2v) is 2.69. The van der Waals surface area contributed by atoms with Crippen molar-refractivity contribution in [3.05, 3.63) is 0 Å². The molecule has 0 radical (unpaired) electrons. The molecule has 0 rings (SSSR count). The number of likely N-dealkylation sites (N-methyl/N-ethyl adjacent to an activating group) is 1. The SMILES string of the molecule is CCNCC(=O)NCCC(=O)OCC. The molecule has 82 valence electrons. The molecule has 0 aromatic carbocycles. The van der Waals surface area contributed by atoms with Crippen molar-refractivity contribution in [1.29, 1.82) is 0 Å². The van der Waals surface area contributed by atoms with Gasteiger partial charge in [0, 0.05) is 6.54 Å². The molecule has 0 heterocycles. The molecule has 14 heavy (non-hydrogen) atoms. The molecule has 0 aliphatic carbocycles. The van der Waals surface area contributed by atoms with E-state index in [-0.39, 0.29) is 18.3 Å². The fourth-order valence-corrected chi connectivity index (χ4v) is 0.838. The van der Waals surface area contributed by atoms with Gasteiger partial charge in [0.1, 0.15) is 0 Å². The Labute approximate surface area is 84.2 Å². The summed E-state index contributed by atoms with van der Waals surface area (Å²) in [6.45, 7) is 5.44. The molecule has 0 spiro atoms. The summed E-state index contributed by atoms with van der Waals surface area (Å²) in [5.41, 5.74) is 0. The third kappa shape index (κ3) is 7.54. The van der Waals surface area contributed by atoms with Gasteiger partial charge in [-0.1, -0.05) is 6.92 Å². The number of rotatable bonds is 7. The summed E-state index contributed by atoms with van der Waals surface area (Å²) in [5, 5.41) is 5.49. The van der Waals surface area contributed by atoms with Gasteiger partial charge in [0.2, 0.25) is 5.91 Å². The fraction of sp³-hybridized carbons (Fsp3) is 0.778. The van der Waals surface area contributed by atoms with Crippen molar-refractivity contribution in [2.45, 2.75) is 20.3 Å². The van der Waals surface area contributed by atoms with Crippen LogP contribution >= 0.6 is 0 Å². The van der Waals surface area contributed by atoms with Crippen LogP contribution in [0.25, 0.3) is 0 Å². The van der Waals surface area contributed by atoms with E-state index in [9.17, 15) is 9.59 Å². The first-order chi connectivity index (χ1) is 6.70. The molecule has 0 saturated heterocycles. The second-order valence-electron chi connectivity index (χ2n) is 2.69. The first-order valence-electron chi connectivity index (χ1n) is 4.83. The van der Waals surface area contributed by atoms with Crippen LogP contribution in [0.5, 0.6) is 0 Å². The Morgan fingerprint density at radius 1 is 1.29 bits per heavy atom. The molecule has 0 aliphatic rings. The summed E-state index contributed by atoms with van der Waals surface area (Å²) in [4.78, 5) is 21.9. The number of hydrogen-bond donors (Lipinski definition) is 2. The van der Waals surface area contributed by atoms with E-state index in [1.165, 1.54) is 0 Å². The number of ether oxygens (including phenoxy) is 1. The van der Waals surface area contributed by atoms with Crippen LogP contribution in [0.1, 0.15) is 20.3 Å². The van der Waals surface area contributed by atoms with Crippen LogP contribution in [-0.4, -0.2) is 38.1 Å². The van der Waals surface area contributed by atoms with E-state index in [1.54, 1.807) is 6.92 Å². The van der Waals surface area contributed by atoms with Gasteiger partial charge < -0.3 is 15.4 Å². The summed E-state index contributed by atoms with van der Waals surface area (Å²) in [6.07, 6.45) is 0.228. The topological polar surface area (TPSA) is 67.4 Å². The molecule has 5 nitrogen and oxygen atoms in total. The van der Waals surface area contributed by atoms with E-state index in [0.29, 0.717) is 19.7 Å². The van der Waals surface area contributed by atoms with Crippen molar-refractivity contribution in [2.24, 2.45) is 0 Å². The van der Waals surface area contributed by atoms with Gasteiger partial charge in [0.15, 0.2) is 0 Å². The maximum atomic E-state index is 11.0. The summed E-state index contributed by atoms with van der Waals surface area (Å²) >= 11 is 0. The normalized spacial score (nSPS) is 9.57. The highest BCUT2D eigenvalue weighted by Crippen LogP contribution is 1.83. The van der Waals surface area contributed by atoms with E-state index in [1.807, 2.05) is 6.92 Å². The van der Waals surface area contributed by atoms with Gasteiger partial charge in [-0.05, 0) is 13.5 Å². The number of carbonyl (C=O) groups is 2. The molecule has 0 bridgehead atoms. The molecule has 0 unspecified atom stereocenters. The van der Waals surface area contributed by atoms with Gasteiger partial charge in [-0.25, -0.2) is 0 Å². The zero-order valence-corrected chi connectivity index (χ0v) is 8.76. The summed E-state index contributed by atoms with van der Waals surface area (Å²) < 4.78 is 4.70. The van der Waals surface area contributed by atoms with E-state index in [0.717, 1.165) is 6.54 Å². The van der Waals surface area contributed by atoms with E-state index < -0.39 is 0 Å². The monoisotopic (exact) mass is 202 g/mol. The van der Waals surface area contributed by atoms with Crippen LogP contribution in [0.3, 0.4) is 0 Å². The molecular weight excluding hydrogens is 184 g/mol. The van der Waals surface area contributed by atoms with Crippen LogP contribution in [0.2, 0.25) is 0 Å². The first-order valence-corrected chi connectivity index (χ1v) is 4.83. The van der Waals surface area contributed by atoms with Crippen LogP contribution < -0.4 is 10.6 Å². The van der Waals surface area contributed by atoms with Crippen LogP contribution in [0.15, 0.2) is 0 Å². The minimum absolute atomic E-state index is 0.101. The minimum Gasteiger partial charge on any atom is -0.466 e. The summed E-state index contributed by atoms with van der Waals surface area (Å²) in [7, 11) is 0. The Hall–Kier alpha value is -1.10. The fourth-order valence-electron chi connectivity index (χ4n) is 0.838. The first kappa shape index (κ1) is 12.9. The van der Waals surface area contributed by atoms with Crippen molar-refractivity contribution in [1.82, 2.24) is 10.6 Å². The Morgan fingerprint density at radius 2 is 2.00 bits per heavy atom. The highest BCUT2D eigenvalue weighted by atomic mass is 16.5. The standard InChI is InChI=1S/C9H18N2O3/c1-3-10-7-8(12)11-6-5-9(13)14-4-2/h10H,3-7H2,1-2H3,(H,11,12). The van der Waals surface area contributed by atoms with Gasteiger partial charge in [-0.3, -0.25) is 9.59 Å². The predicted molar refractivity (Wildman–Crippen MR) is 52.8 cm³/mol. The molecule has 0 aromatic heterocycles. The number of esters is 1. The molecule has 1 amide bonds. The van der Waals surface area contributed by atoms with Crippen molar-refractivity contribution >= 4 is 11.9 Å². The van der Waals surface area contributed by atoms with E-state index in [4.69, 9.17) is 4.74 Å². The van der Waals surface area contributed by atoms with Gasteiger partial charge in [-0.15, -0.1) is 0 Å². The molecule has 0 saturated carbocycles. The quantitative estimate of drug-likeness (QED) is 0.554. The molecule has 0 fully saturated rings. The molecule has 5 heteroatoms. The van der Waals surface area contributed by atoms with E-state index >= 15 is 0 Å². The van der Waals surface area contributed by atoms with Crippen molar-refractivity contribution < 1.29 is 14.3 Å². The van der Waals surface area contributed by atoms with Gasteiger partial charge in [0.25, 0.3) is 0 Å². The Balaban J connectivity index is 3.34. The van der Waals surface area contributed by atoms with Gasteiger partial charge in [0.05, 0.1) is 19.6 Å². The van der Waals surface area contributed by atoms with E-state index in [2.05, 4.69) is 10.6 Å². The van der Waals surface area contributed by atoms with Gasteiger partial charge in [-0.2, -0.15) is 0 Å². The lowest BCUT2D eigenvalue weighted by molar-refractivity contribution is -0.143. The second kappa shape index (κ2) is 8.50. The number of hydrogen-bond acceptors (Lipinski definition) is 4. The summed E-state index contributed by atoms with van der Waals surface area (Å²) in [5.74, 6) is -0.382. The molecule has 2 N–H and O–H groups in total. The van der Waals surface area contributed by atoms with Crippen molar-refractivity contribution in [3.8, 4) is 0 Å². The largest absolute Gasteiger partial charge is 0.466 e. The third-order valence-corrected chi connectivity index (χ3v) is 1.49. The lowest BCUT2D eigenvalue weighted by Crippen LogP contribution is -2.35. The smallest absolute Gasteiger partial charge is 0.307 e. The zero-order chi connectivity index (χ0) is 10.8. The zero-order valence-electron chi connectivity index (χ0n) is 8.76. The lowest BCUT2D eigenvalue weighted by atomic mass is 10.4.